The van der Waals surface area contributed by atoms with Gasteiger partial charge in [0.15, 0.2) is 6.61 Å². The number of halogens is 1. The smallest absolute Gasteiger partial charge is 0.257 e. The molecule has 5 heteroatoms. The molecule has 0 fully saturated rings. The van der Waals surface area contributed by atoms with Crippen molar-refractivity contribution in [1.82, 2.24) is 5.32 Å². The Bertz CT molecular complexity index is 616. The second-order valence-electron chi connectivity index (χ2n) is 5.50. The minimum atomic E-state index is -0.166. The average Bonchev–Trinajstić information content (AvgIpc) is 2.61. The number of hydrogen-bond acceptors (Lipinski definition) is 3. The highest BCUT2D eigenvalue weighted by molar-refractivity contribution is 6.30. The van der Waals surface area contributed by atoms with Crippen LogP contribution >= 0.6 is 11.6 Å². The molecule has 0 saturated carbocycles. The Morgan fingerprint density at radius 3 is 2.46 bits per heavy atom. The number of aliphatic hydroxyl groups is 1. The van der Waals surface area contributed by atoms with Gasteiger partial charge in [-0.15, -0.1) is 0 Å². The van der Waals surface area contributed by atoms with E-state index in [1.165, 1.54) is 5.56 Å². The van der Waals surface area contributed by atoms with Crippen molar-refractivity contribution in [3.8, 4) is 5.75 Å². The number of amides is 1. The Morgan fingerprint density at radius 2 is 1.79 bits per heavy atom. The predicted octanol–water partition coefficient (Wildman–Crippen LogP) is 3.39. The maximum atomic E-state index is 11.8. The number of carbonyl (C=O) groups excluding carboxylic acids is 1. The summed E-state index contributed by atoms with van der Waals surface area (Å²) in [6.45, 7) is 0.646. The van der Waals surface area contributed by atoms with Gasteiger partial charge < -0.3 is 15.2 Å². The SMILES string of the molecule is O=C(COc1ccc(Cl)cc1)NCCC(CCO)c1ccccc1. The highest BCUT2D eigenvalue weighted by Gasteiger charge is 2.11. The molecule has 0 aliphatic rings. The summed E-state index contributed by atoms with van der Waals surface area (Å²) in [4.78, 5) is 11.8. The van der Waals surface area contributed by atoms with Crippen molar-refractivity contribution in [3.63, 3.8) is 0 Å². The molecule has 0 bridgehead atoms. The van der Waals surface area contributed by atoms with Crippen LogP contribution in [0.5, 0.6) is 5.75 Å². The van der Waals surface area contributed by atoms with Crippen LogP contribution in [0.3, 0.4) is 0 Å². The van der Waals surface area contributed by atoms with E-state index in [0.29, 0.717) is 23.7 Å². The van der Waals surface area contributed by atoms with Gasteiger partial charge >= 0.3 is 0 Å². The van der Waals surface area contributed by atoms with E-state index >= 15 is 0 Å². The number of hydrogen-bond donors (Lipinski definition) is 2. The van der Waals surface area contributed by atoms with E-state index in [1.807, 2.05) is 30.3 Å². The van der Waals surface area contributed by atoms with Crippen LogP contribution in [0.1, 0.15) is 24.3 Å². The van der Waals surface area contributed by atoms with Crippen LogP contribution in [-0.4, -0.2) is 30.8 Å². The number of rotatable bonds is 9. The molecule has 1 unspecified atom stereocenters. The number of carbonyl (C=O) groups is 1. The Labute approximate surface area is 147 Å². The van der Waals surface area contributed by atoms with Gasteiger partial charge in [0.1, 0.15) is 5.75 Å². The molecule has 2 N–H and O–H groups in total. The third kappa shape index (κ3) is 6.22. The molecule has 2 aromatic carbocycles. The van der Waals surface area contributed by atoms with E-state index in [1.54, 1.807) is 24.3 Å². The van der Waals surface area contributed by atoms with E-state index in [0.717, 1.165) is 6.42 Å². The molecule has 0 aliphatic carbocycles. The second kappa shape index (κ2) is 9.96. The largest absolute Gasteiger partial charge is 0.484 e. The molecule has 2 rings (SSSR count). The second-order valence-corrected chi connectivity index (χ2v) is 5.94. The predicted molar refractivity (Wildman–Crippen MR) is 95.5 cm³/mol. The summed E-state index contributed by atoms with van der Waals surface area (Å²) in [7, 11) is 0. The lowest BCUT2D eigenvalue weighted by Gasteiger charge is -2.16. The molecule has 0 spiro atoms. The number of benzene rings is 2. The molecule has 0 aromatic heterocycles. The van der Waals surface area contributed by atoms with E-state index in [-0.39, 0.29) is 25.0 Å². The third-order valence-corrected chi connectivity index (χ3v) is 4.00. The maximum Gasteiger partial charge on any atom is 0.257 e. The minimum absolute atomic E-state index is 0.0301. The number of nitrogens with one attached hydrogen (secondary N) is 1. The van der Waals surface area contributed by atoms with Crippen LogP contribution < -0.4 is 10.1 Å². The topological polar surface area (TPSA) is 58.6 Å². The molecule has 2 aromatic rings. The summed E-state index contributed by atoms with van der Waals surface area (Å²) in [5.41, 5.74) is 1.18. The highest BCUT2D eigenvalue weighted by Crippen LogP contribution is 2.22. The van der Waals surface area contributed by atoms with Gasteiger partial charge in [0.25, 0.3) is 5.91 Å². The lowest BCUT2D eigenvalue weighted by Crippen LogP contribution is -2.30. The summed E-state index contributed by atoms with van der Waals surface area (Å²) >= 11 is 5.80. The fourth-order valence-corrected chi connectivity index (χ4v) is 2.60. The molecule has 0 aliphatic heterocycles. The van der Waals surface area contributed by atoms with E-state index < -0.39 is 0 Å². The molecule has 0 heterocycles. The van der Waals surface area contributed by atoms with Gasteiger partial charge in [-0.05, 0) is 48.6 Å². The number of ether oxygens (including phenoxy) is 1. The van der Waals surface area contributed by atoms with Gasteiger partial charge in [-0.1, -0.05) is 41.9 Å². The molecule has 4 nitrogen and oxygen atoms in total. The van der Waals surface area contributed by atoms with E-state index in [4.69, 9.17) is 16.3 Å². The zero-order valence-corrected chi connectivity index (χ0v) is 14.2. The first kappa shape index (κ1) is 18.3. The summed E-state index contributed by atoms with van der Waals surface area (Å²) in [6.07, 6.45) is 1.46. The first-order valence-corrected chi connectivity index (χ1v) is 8.37. The van der Waals surface area contributed by atoms with Gasteiger partial charge in [-0.2, -0.15) is 0 Å². The minimum Gasteiger partial charge on any atom is -0.484 e. The van der Waals surface area contributed by atoms with Crippen LogP contribution in [0.25, 0.3) is 0 Å². The van der Waals surface area contributed by atoms with Gasteiger partial charge in [-0.3, -0.25) is 4.79 Å². The molecule has 0 radical (unpaired) electrons. The molecule has 1 amide bonds. The van der Waals surface area contributed by atoms with Crippen LogP contribution in [0.2, 0.25) is 5.02 Å². The lowest BCUT2D eigenvalue weighted by molar-refractivity contribution is -0.123. The van der Waals surface area contributed by atoms with Gasteiger partial charge in [0.05, 0.1) is 0 Å². The Kier molecular flexibility index (Phi) is 7.59. The fraction of sp³-hybridized carbons (Fsp3) is 0.316. The van der Waals surface area contributed by atoms with Crippen molar-refractivity contribution in [1.29, 1.82) is 0 Å². The third-order valence-electron chi connectivity index (χ3n) is 3.75. The van der Waals surface area contributed by atoms with Gasteiger partial charge in [0, 0.05) is 18.2 Å². The highest BCUT2D eigenvalue weighted by atomic mass is 35.5. The van der Waals surface area contributed by atoms with Crippen molar-refractivity contribution in [3.05, 3.63) is 65.2 Å². The average molecular weight is 348 g/mol. The molecule has 24 heavy (non-hydrogen) atoms. The van der Waals surface area contributed by atoms with Crippen LogP contribution in [0, 0.1) is 0 Å². The van der Waals surface area contributed by atoms with Crippen molar-refractivity contribution in [2.75, 3.05) is 19.8 Å². The summed E-state index contributed by atoms with van der Waals surface area (Å²) < 4.78 is 5.40. The molecule has 128 valence electrons. The molecular formula is C19H22ClNO3. The summed E-state index contributed by atoms with van der Waals surface area (Å²) in [5.74, 6) is 0.673. The van der Waals surface area contributed by atoms with Crippen molar-refractivity contribution in [2.24, 2.45) is 0 Å². The van der Waals surface area contributed by atoms with Crippen molar-refractivity contribution in [2.45, 2.75) is 18.8 Å². The normalized spacial score (nSPS) is 11.8. The van der Waals surface area contributed by atoms with Gasteiger partial charge in [-0.25, -0.2) is 0 Å². The van der Waals surface area contributed by atoms with Gasteiger partial charge in [0.2, 0.25) is 0 Å². The quantitative estimate of drug-likeness (QED) is 0.731. The Morgan fingerprint density at radius 1 is 1.08 bits per heavy atom. The van der Waals surface area contributed by atoms with Crippen LogP contribution in [-0.2, 0) is 4.79 Å². The van der Waals surface area contributed by atoms with E-state index in [2.05, 4.69) is 5.32 Å². The lowest BCUT2D eigenvalue weighted by atomic mass is 9.93. The Hall–Kier alpha value is -2.04. The standard InChI is InChI=1S/C19H22ClNO3/c20-17-6-8-18(9-7-17)24-14-19(23)21-12-10-16(11-13-22)15-4-2-1-3-5-15/h1-9,16,22H,10-14H2,(H,21,23). The molecular weight excluding hydrogens is 326 g/mol. The maximum absolute atomic E-state index is 11.8. The van der Waals surface area contributed by atoms with E-state index in [9.17, 15) is 9.90 Å². The summed E-state index contributed by atoms with van der Waals surface area (Å²) in [6, 6.07) is 16.9. The van der Waals surface area contributed by atoms with Crippen molar-refractivity contribution >= 4 is 17.5 Å². The molecule has 0 saturated heterocycles. The summed E-state index contributed by atoms with van der Waals surface area (Å²) in [5, 5.41) is 12.7. The zero-order chi connectivity index (χ0) is 17.2. The number of aliphatic hydroxyl groups excluding tert-OH is 1. The zero-order valence-electron chi connectivity index (χ0n) is 13.5. The van der Waals surface area contributed by atoms with Crippen molar-refractivity contribution < 1.29 is 14.6 Å². The first-order valence-electron chi connectivity index (χ1n) is 8.00. The Balaban J connectivity index is 1.73. The van der Waals surface area contributed by atoms with Crippen LogP contribution in [0.15, 0.2) is 54.6 Å². The molecule has 1 atom stereocenters. The first-order chi connectivity index (χ1) is 11.7. The monoisotopic (exact) mass is 347 g/mol. The van der Waals surface area contributed by atoms with Crippen LogP contribution in [0.4, 0.5) is 0 Å². The fourth-order valence-electron chi connectivity index (χ4n) is 2.48.